The molecule has 0 bridgehead atoms. The summed E-state index contributed by atoms with van der Waals surface area (Å²) in [5.41, 5.74) is 0. The van der Waals surface area contributed by atoms with Crippen LogP contribution in [-0.4, -0.2) is 48.0 Å². The number of aliphatic hydroxyl groups is 1. The van der Waals surface area contributed by atoms with Gasteiger partial charge in [0.2, 0.25) is 0 Å². The van der Waals surface area contributed by atoms with E-state index in [1.54, 1.807) is 0 Å². The van der Waals surface area contributed by atoms with Crippen molar-refractivity contribution in [3.8, 4) is 0 Å². The molecule has 1 fully saturated rings. The molecule has 1 aliphatic rings. The highest BCUT2D eigenvalue weighted by molar-refractivity contribution is 4.75. The van der Waals surface area contributed by atoms with E-state index < -0.39 is 6.29 Å². The zero-order valence-electron chi connectivity index (χ0n) is 9.95. The minimum absolute atomic E-state index is 0. The Kier molecular flexibility index (Phi) is 9.50. The first-order valence-corrected chi connectivity index (χ1v) is 5.09. The van der Waals surface area contributed by atoms with Crippen molar-refractivity contribution in [2.24, 2.45) is 0 Å². The molecule has 0 aliphatic carbocycles. The Labute approximate surface area is 87.2 Å². The minimum Gasteiger partial charge on any atom is -0.412 e. The van der Waals surface area contributed by atoms with E-state index in [1.807, 2.05) is 34.9 Å². The molecule has 0 saturated carbocycles. The molecule has 4 nitrogen and oxygen atoms in total. The van der Waals surface area contributed by atoms with Gasteiger partial charge < -0.3 is 20.2 Å². The summed E-state index contributed by atoms with van der Waals surface area (Å²) in [6.07, 6.45) is 1.37. The Morgan fingerprint density at radius 2 is 1.71 bits per heavy atom. The third-order valence-corrected chi connectivity index (χ3v) is 2.20. The number of aliphatic hydroxyl groups excluding tert-OH is 1. The molecular formula is C10H25NO3. The van der Waals surface area contributed by atoms with Crippen molar-refractivity contribution < 1.29 is 15.3 Å². The quantitative estimate of drug-likeness (QED) is 0.686. The number of hydrogen-bond acceptors (Lipinski definition) is 3. The average molecular weight is 207 g/mol. The maximum Gasteiger partial charge on any atom is 0.156 e. The van der Waals surface area contributed by atoms with Gasteiger partial charge in [-0.05, 0) is 27.4 Å². The molecule has 0 aromatic rings. The van der Waals surface area contributed by atoms with Gasteiger partial charge in [-0.2, -0.15) is 0 Å². The molecule has 88 valence electrons. The predicted molar refractivity (Wildman–Crippen MR) is 58.2 cm³/mol. The van der Waals surface area contributed by atoms with Gasteiger partial charge in [0.15, 0.2) is 6.29 Å². The van der Waals surface area contributed by atoms with E-state index in [0.29, 0.717) is 6.04 Å². The van der Waals surface area contributed by atoms with E-state index in [-0.39, 0.29) is 11.6 Å². The molecule has 0 spiro atoms. The van der Waals surface area contributed by atoms with Crippen molar-refractivity contribution in [3.63, 3.8) is 0 Å². The zero-order chi connectivity index (χ0) is 10.4. The van der Waals surface area contributed by atoms with Crippen LogP contribution in [-0.2, 0) is 4.74 Å². The highest BCUT2D eigenvalue weighted by Gasteiger charge is 2.26. The van der Waals surface area contributed by atoms with E-state index >= 15 is 0 Å². The smallest absolute Gasteiger partial charge is 0.156 e. The molecule has 0 aromatic carbocycles. The third-order valence-electron chi connectivity index (χ3n) is 2.20. The first-order valence-electron chi connectivity index (χ1n) is 5.09. The van der Waals surface area contributed by atoms with Crippen molar-refractivity contribution >= 4 is 0 Å². The second-order valence-electron chi connectivity index (χ2n) is 3.49. The van der Waals surface area contributed by atoms with Gasteiger partial charge in [0.25, 0.3) is 0 Å². The molecule has 2 unspecified atom stereocenters. The Bertz CT molecular complexity index is 121. The van der Waals surface area contributed by atoms with Gasteiger partial charge in [0.1, 0.15) is 0 Å². The van der Waals surface area contributed by atoms with E-state index in [1.165, 1.54) is 0 Å². The van der Waals surface area contributed by atoms with E-state index in [4.69, 9.17) is 4.74 Å². The van der Waals surface area contributed by atoms with Crippen LogP contribution in [0.5, 0.6) is 0 Å². The summed E-state index contributed by atoms with van der Waals surface area (Å²) < 4.78 is 5.20. The first kappa shape index (κ1) is 16.3. The normalized spacial score (nSPS) is 31.5. The highest BCUT2D eigenvalue weighted by atomic mass is 16.6. The largest absolute Gasteiger partial charge is 0.412 e. The number of rotatable bonds is 1. The van der Waals surface area contributed by atoms with Crippen molar-refractivity contribution in [3.05, 3.63) is 0 Å². The third kappa shape index (κ3) is 5.54. The van der Waals surface area contributed by atoms with Gasteiger partial charge in [-0.3, -0.25) is 0 Å². The van der Waals surface area contributed by atoms with E-state index in [0.717, 1.165) is 12.8 Å². The molecule has 4 heteroatoms. The summed E-state index contributed by atoms with van der Waals surface area (Å²) >= 11 is 0. The maximum absolute atomic E-state index is 9.25. The average Bonchev–Trinajstić information content (AvgIpc) is 2.06. The van der Waals surface area contributed by atoms with Gasteiger partial charge in [-0.1, -0.05) is 13.8 Å². The van der Waals surface area contributed by atoms with Gasteiger partial charge >= 0.3 is 0 Å². The lowest BCUT2D eigenvalue weighted by Crippen LogP contribution is -2.41. The Hall–Kier alpha value is -0.160. The Morgan fingerprint density at radius 3 is 2.07 bits per heavy atom. The lowest BCUT2D eigenvalue weighted by atomic mass is 10.0. The van der Waals surface area contributed by atoms with Crippen LogP contribution in [0.25, 0.3) is 0 Å². The summed E-state index contributed by atoms with van der Waals surface area (Å²) in [6, 6.07) is 0.466. The number of nitrogens with zero attached hydrogens (tertiary/aromatic N) is 1. The fourth-order valence-electron chi connectivity index (χ4n) is 1.51. The summed E-state index contributed by atoms with van der Waals surface area (Å²) in [5.74, 6) is 0. The highest BCUT2D eigenvalue weighted by Crippen LogP contribution is 2.20. The summed E-state index contributed by atoms with van der Waals surface area (Å²) in [7, 11) is 4.07. The van der Waals surface area contributed by atoms with Crippen LogP contribution in [0.15, 0.2) is 0 Å². The second-order valence-corrected chi connectivity index (χ2v) is 3.49. The molecule has 0 amide bonds. The first-order chi connectivity index (χ1) is 6.09. The SMILES string of the molecule is CC.C[C@@H]1CC(N(C)C)CC(O)O1.O. The maximum atomic E-state index is 9.25. The van der Waals surface area contributed by atoms with Gasteiger partial charge in [0, 0.05) is 12.5 Å². The fraction of sp³-hybridized carbons (Fsp3) is 1.00. The lowest BCUT2D eigenvalue weighted by molar-refractivity contribution is -0.172. The molecular weight excluding hydrogens is 182 g/mol. The molecule has 3 N–H and O–H groups in total. The van der Waals surface area contributed by atoms with Crippen LogP contribution in [0.2, 0.25) is 0 Å². The van der Waals surface area contributed by atoms with Crippen LogP contribution in [0, 0.1) is 0 Å². The Morgan fingerprint density at radius 1 is 1.21 bits per heavy atom. The molecule has 3 atom stereocenters. The van der Waals surface area contributed by atoms with Gasteiger partial charge in [-0.15, -0.1) is 0 Å². The Balaban J connectivity index is 0. The lowest BCUT2D eigenvalue weighted by Gasteiger charge is -2.34. The summed E-state index contributed by atoms with van der Waals surface area (Å²) in [5, 5.41) is 9.25. The van der Waals surface area contributed by atoms with Crippen LogP contribution < -0.4 is 0 Å². The van der Waals surface area contributed by atoms with Crippen LogP contribution in [0.1, 0.15) is 33.6 Å². The van der Waals surface area contributed by atoms with Crippen LogP contribution in [0.4, 0.5) is 0 Å². The second kappa shape index (κ2) is 8.17. The molecule has 14 heavy (non-hydrogen) atoms. The summed E-state index contributed by atoms with van der Waals surface area (Å²) in [6.45, 7) is 6.00. The van der Waals surface area contributed by atoms with Crippen LogP contribution in [0.3, 0.4) is 0 Å². The molecule has 0 radical (unpaired) electrons. The molecule has 0 aromatic heterocycles. The van der Waals surface area contributed by atoms with Crippen molar-refractivity contribution in [1.82, 2.24) is 4.90 Å². The topological polar surface area (TPSA) is 64.2 Å². The molecule has 1 saturated heterocycles. The van der Waals surface area contributed by atoms with Gasteiger partial charge in [-0.25, -0.2) is 0 Å². The number of hydrogen-bond donors (Lipinski definition) is 1. The zero-order valence-corrected chi connectivity index (χ0v) is 9.95. The standard InChI is InChI=1S/C8H17NO2.C2H6.H2O/c1-6-4-7(9(2)3)5-8(10)11-6;1-2;/h6-8,10H,4-5H2,1-3H3;1-2H3;1H2/t6-,7?,8?;;/m1../s1. The van der Waals surface area contributed by atoms with Crippen molar-refractivity contribution in [2.45, 2.75) is 52.0 Å². The number of ether oxygens (including phenoxy) is 1. The monoisotopic (exact) mass is 207 g/mol. The summed E-state index contributed by atoms with van der Waals surface area (Å²) in [4.78, 5) is 2.14. The van der Waals surface area contributed by atoms with Crippen molar-refractivity contribution in [2.75, 3.05) is 14.1 Å². The predicted octanol–water partition coefficient (Wildman–Crippen LogP) is 0.635. The van der Waals surface area contributed by atoms with E-state index in [2.05, 4.69) is 4.90 Å². The molecule has 1 rings (SSSR count). The molecule has 1 heterocycles. The fourth-order valence-corrected chi connectivity index (χ4v) is 1.51. The van der Waals surface area contributed by atoms with E-state index in [9.17, 15) is 5.11 Å². The van der Waals surface area contributed by atoms with Crippen LogP contribution >= 0.6 is 0 Å². The minimum atomic E-state index is -0.564. The van der Waals surface area contributed by atoms with Gasteiger partial charge in [0.05, 0.1) is 6.10 Å². The van der Waals surface area contributed by atoms with Crippen molar-refractivity contribution in [1.29, 1.82) is 0 Å². The molecule has 1 aliphatic heterocycles.